The van der Waals surface area contributed by atoms with Crippen molar-refractivity contribution in [3.8, 4) is 0 Å². The molecule has 1 aromatic carbocycles. The van der Waals surface area contributed by atoms with Crippen LogP contribution in [0.3, 0.4) is 0 Å². The van der Waals surface area contributed by atoms with Gasteiger partial charge in [-0.2, -0.15) is 0 Å². The molecule has 108 valence electrons. The normalized spacial score (nSPS) is 15.3. The minimum absolute atomic E-state index is 0.873. The number of hydrogen-bond acceptors (Lipinski definition) is 1. The molecule has 1 heteroatoms. The molecule has 0 atom stereocenters. The van der Waals surface area contributed by atoms with Crippen LogP contribution >= 0.6 is 0 Å². The molecule has 0 aromatic heterocycles. The molecule has 21 heavy (non-hydrogen) atoms. The third-order valence-electron chi connectivity index (χ3n) is 3.40. The van der Waals surface area contributed by atoms with Gasteiger partial charge in [-0.15, -0.1) is 0 Å². The van der Waals surface area contributed by atoms with E-state index in [1.54, 1.807) is 0 Å². The molecule has 0 amide bonds. The highest BCUT2D eigenvalue weighted by molar-refractivity contribution is 5.56. The molecule has 0 saturated heterocycles. The lowest BCUT2D eigenvalue weighted by molar-refractivity contribution is 0.982. The highest BCUT2D eigenvalue weighted by Gasteiger charge is 2.03. The molecular weight excluding hydrogens is 254 g/mol. The number of rotatable bonds is 6. The molecule has 0 unspecified atom stereocenters. The lowest BCUT2D eigenvalue weighted by Crippen LogP contribution is -1.91. The van der Waals surface area contributed by atoms with Gasteiger partial charge in [-0.3, -0.25) is 4.99 Å². The van der Waals surface area contributed by atoms with Gasteiger partial charge in [0.15, 0.2) is 0 Å². The smallest absolute Gasteiger partial charge is 0.0445 e. The first-order valence-electron chi connectivity index (χ1n) is 7.54. The minimum atomic E-state index is 0.873. The van der Waals surface area contributed by atoms with E-state index in [9.17, 15) is 0 Å². The largest absolute Gasteiger partial charge is 0.266 e. The Balaban J connectivity index is 2.04. The molecule has 1 aliphatic carbocycles. The van der Waals surface area contributed by atoms with Crippen molar-refractivity contribution in [1.82, 2.24) is 0 Å². The molecule has 0 radical (unpaired) electrons. The van der Waals surface area contributed by atoms with E-state index < -0.39 is 0 Å². The second kappa shape index (κ2) is 8.21. The first-order valence-corrected chi connectivity index (χ1v) is 7.54. The Bertz CT molecular complexity index is 586. The van der Waals surface area contributed by atoms with Crippen LogP contribution in [-0.2, 0) is 6.42 Å². The number of hydrogen-bond donors (Lipinski definition) is 0. The van der Waals surface area contributed by atoms with Gasteiger partial charge >= 0.3 is 0 Å². The molecule has 0 fully saturated rings. The quantitative estimate of drug-likeness (QED) is 0.486. The number of allylic oxidation sites excluding steroid dienone is 6. The van der Waals surface area contributed by atoms with E-state index in [1.165, 1.54) is 11.1 Å². The van der Waals surface area contributed by atoms with E-state index >= 15 is 0 Å². The molecule has 2 rings (SSSR count). The van der Waals surface area contributed by atoms with Crippen molar-refractivity contribution in [3.63, 3.8) is 0 Å². The lowest BCUT2D eigenvalue weighted by atomic mass is 10.0. The van der Waals surface area contributed by atoms with Gasteiger partial charge in [0.25, 0.3) is 0 Å². The third kappa shape index (κ3) is 5.39. The van der Waals surface area contributed by atoms with E-state index in [1.807, 2.05) is 19.2 Å². The second-order valence-corrected chi connectivity index (χ2v) is 5.28. The average Bonchev–Trinajstić information content (AvgIpc) is 2.49. The summed E-state index contributed by atoms with van der Waals surface area (Å²) in [6.45, 7) is 6.13. The number of benzene rings is 1. The summed E-state index contributed by atoms with van der Waals surface area (Å²) in [5, 5.41) is 0. The van der Waals surface area contributed by atoms with Gasteiger partial charge in [-0.1, -0.05) is 55.1 Å². The van der Waals surface area contributed by atoms with Gasteiger partial charge in [-0.25, -0.2) is 0 Å². The Morgan fingerprint density at radius 1 is 1.19 bits per heavy atom. The summed E-state index contributed by atoms with van der Waals surface area (Å²) in [6, 6.07) is 10.4. The van der Waals surface area contributed by atoms with Crippen molar-refractivity contribution in [2.24, 2.45) is 4.99 Å². The zero-order valence-electron chi connectivity index (χ0n) is 12.8. The summed E-state index contributed by atoms with van der Waals surface area (Å²) in [4.78, 5) is 4.50. The molecule has 1 aliphatic rings. The Hall–Kier alpha value is -2.15. The van der Waals surface area contributed by atoms with Crippen LogP contribution in [0.4, 0.5) is 0 Å². The van der Waals surface area contributed by atoms with E-state index in [4.69, 9.17) is 0 Å². The van der Waals surface area contributed by atoms with Crippen LogP contribution in [0.15, 0.2) is 83.1 Å². The molecule has 0 bridgehead atoms. The summed E-state index contributed by atoms with van der Waals surface area (Å²) >= 11 is 0. The van der Waals surface area contributed by atoms with Gasteiger partial charge in [-0.05, 0) is 49.0 Å². The Kier molecular flexibility index (Phi) is 5.96. The Morgan fingerprint density at radius 3 is 2.67 bits per heavy atom. The van der Waals surface area contributed by atoms with E-state index in [0.717, 1.165) is 37.0 Å². The van der Waals surface area contributed by atoms with Gasteiger partial charge in [0.05, 0.1) is 0 Å². The second-order valence-electron chi connectivity index (χ2n) is 5.28. The van der Waals surface area contributed by atoms with Crippen molar-refractivity contribution < 1.29 is 0 Å². The first-order chi connectivity index (χ1) is 10.3. The van der Waals surface area contributed by atoms with E-state index in [-0.39, 0.29) is 0 Å². The summed E-state index contributed by atoms with van der Waals surface area (Å²) in [6.07, 6.45) is 14.8. The van der Waals surface area contributed by atoms with Crippen LogP contribution in [-0.4, -0.2) is 6.21 Å². The third-order valence-corrected chi connectivity index (χ3v) is 3.40. The first kappa shape index (κ1) is 15.2. The van der Waals surface area contributed by atoms with Crippen molar-refractivity contribution in [3.05, 3.63) is 83.6 Å². The van der Waals surface area contributed by atoms with Gasteiger partial charge in [0, 0.05) is 18.3 Å². The fourth-order valence-corrected chi connectivity index (χ4v) is 2.45. The highest BCUT2D eigenvalue weighted by Crippen LogP contribution is 2.20. The maximum Gasteiger partial charge on any atom is 0.0445 e. The summed E-state index contributed by atoms with van der Waals surface area (Å²) in [5.41, 5.74) is 4.82. The maximum absolute atomic E-state index is 4.50. The molecule has 0 N–H and O–H groups in total. The van der Waals surface area contributed by atoms with Gasteiger partial charge in [0.1, 0.15) is 0 Å². The Labute approximate surface area is 128 Å². The molecule has 1 aromatic rings. The van der Waals surface area contributed by atoms with E-state index in [0.29, 0.717) is 0 Å². The number of nitrogens with zero attached hydrogens (tertiary/aromatic N) is 1. The molecule has 0 spiro atoms. The van der Waals surface area contributed by atoms with Crippen LogP contribution in [0.2, 0.25) is 0 Å². The molecule has 1 nitrogen and oxygen atoms in total. The van der Waals surface area contributed by atoms with Crippen LogP contribution in [0, 0.1) is 0 Å². The van der Waals surface area contributed by atoms with Crippen LogP contribution < -0.4 is 0 Å². The molecular formula is C20H23N. The van der Waals surface area contributed by atoms with Gasteiger partial charge in [0.2, 0.25) is 0 Å². The number of aliphatic imine (C=N–C) groups is 1. The van der Waals surface area contributed by atoms with Crippen LogP contribution in [0.25, 0.3) is 0 Å². The fourth-order valence-electron chi connectivity index (χ4n) is 2.45. The monoisotopic (exact) mass is 277 g/mol. The summed E-state index contributed by atoms with van der Waals surface area (Å²) in [7, 11) is 0. The summed E-state index contributed by atoms with van der Waals surface area (Å²) < 4.78 is 0. The summed E-state index contributed by atoms with van der Waals surface area (Å²) in [5.74, 6) is 0. The predicted octanol–water partition coefficient (Wildman–Crippen LogP) is 5.43. The maximum atomic E-state index is 4.50. The molecule has 0 saturated carbocycles. The van der Waals surface area contributed by atoms with E-state index in [2.05, 4.69) is 60.1 Å². The van der Waals surface area contributed by atoms with Crippen molar-refractivity contribution >= 4 is 6.21 Å². The van der Waals surface area contributed by atoms with Crippen LogP contribution in [0.5, 0.6) is 0 Å². The standard InChI is InChI=1S/C20H23N/c1-3-21-20(16-19-12-8-5-9-13-19)15-17(2)14-18-10-6-4-7-11-18/h3-4,6-8,10-13,15H,2,5,9,14,16H2,1H3/b20-15-,21-3?. The van der Waals surface area contributed by atoms with Crippen molar-refractivity contribution in [2.75, 3.05) is 0 Å². The molecule has 0 heterocycles. The average molecular weight is 277 g/mol. The predicted molar refractivity (Wildman–Crippen MR) is 92.6 cm³/mol. The molecule has 0 aliphatic heterocycles. The van der Waals surface area contributed by atoms with Crippen molar-refractivity contribution in [2.45, 2.75) is 32.6 Å². The SMILES string of the molecule is C=C(/C=C(/CC1=CCCC=C1)N=CC)Cc1ccccc1. The van der Waals surface area contributed by atoms with Crippen LogP contribution in [0.1, 0.15) is 31.7 Å². The van der Waals surface area contributed by atoms with Gasteiger partial charge < -0.3 is 0 Å². The zero-order chi connectivity index (χ0) is 14.9. The topological polar surface area (TPSA) is 12.4 Å². The Morgan fingerprint density at radius 2 is 2.00 bits per heavy atom. The minimum Gasteiger partial charge on any atom is -0.266 e. The fraction of sp³-hybridized carbons (Fsp3) is 0.250. The van der Waals surface area contributed by atoms with Crippen molar-refractivity contribution in [1.29, 1.82) is 0 Å². The lowest BCUT2D eigenvalue weighted by Gasteiger charge is -2.08. The highest BCUT2D eigenvalue weighted by atomic mass is 14.7. The zero-order valence-corrected chi connectivity index (χ0v) is 12.8.